The maximum Gasteiger partial charge on any atom is 0.357 e. The first kappa shape index (κ1) is 18.3. The molecule has 0 radical (unpaired) electrons. The molecule has 8 heteroatoms. The molecular formula is C17H21N5O3. The normalized spacial score (nSPS) is 11.2. The second-order valence-electron chi connectivity index (χ2n) is 5.36. The third-order valence-corrected chi connectivity index (χ3v) is 3.35. The molecule has 0 bridgehead atoms. The van der Waals surface area contributed by atoms with Crippen LogP contribution in [0.2, 0.25) is 0 Å². The van der Waals surface area contributed by atoms with Gasteiger partial charge in [-0.05, 0) is 35.4 Å². The van der Waals surface area contributed by atoms with Crippen molar-refractivity contribution < 1.29 is 14.3 Å². The smallest absolute Gasteiger partial charge is 0.357 e. The molecule has 0 saturated heterocycles. The molecule has 1 aromatic carbocycles. The number of aromatic nitrogens is 4. The van der Waals surface area contributed by atoms with Gasteiger partial charge in [0.2, 0.25) is 0 Å². The van der Waals surface area contributed by atoms with E-state index in [2.05, 4.69) is 20.8 Å². The molecule has 2 rings (SSSR count). The number of benzene rings is 1. The van der Waals surface area contributed by atoms with Crippen LogP contribution in [0.25, 0.3) is 11.8 Å². The number of carbonyl (C=O) groups excluding carboxylic acids is 2. The summed E-state index contributed by atoms with van der Waals surface area (Å²) in [5, 5.41) is 13.8. The number of nitrogens with one attached hydrogen (secondary N) is 1. The Balaban J connectivity index is 2.11. The van der Waals surface area contributed by atoms with Crippen LogP contribution >= 0.6 is 0 Å². The highest BCUT2D eigenvalue weighted by molar-refractivity contribution is 6.15. The van der Waals surface area contributed by atoms with Gasteiger partial charge in [-0.15, -0.1) is 5.10 Å². The SMILES string of the molecule is CCCCNC(=O)COC(=O)/C(=C/c1ccccc1)n1nnnc1C. The molecule has 8 nitrogen and oxygen atoms in total. The number of rotatable bonds is 8. The Hall–Kier alpha value is -3.03. The van der Waals surface area contributed by atoms with Crippen molar-refractivity contribution in [3.8, 4) is 0 Å². The summed E-state index contributed by atoms with van der Waals surface area (Å²) in [5.41, 5.74) is 0.923. The first-order chi connectivity index (χ1) is 12.1. The molecule has 0 unspecified atom stereocenters. The fourth-order valence-corrected chi connectivity index (χ4v) is 2.03. The molecular weight excluding hydrogens is 322 g/mol. The zero-order valence-corrected chi connectivity index (χ0v) is 14.3. The van der Waals surface area contributed by atoms with Gasteiger partial charge in [0.15, 0.2) is 18.1 Å². The highest BCUT2D eigenvalue weighted by Crippen LogP contribution is 2.13. The van der Waals surface area contributed by atoms with Gasteiger partial charge in [0.05, 0.1) is 0 Å². The van der Waals surface area contributed by atoms with E-state index in [4.69, 9.17) is 4.74 Å². The van der Waals surface area contributed by atoms with Crippen molar-refractivity contribution in [2.75, 3.05) is 13.2 Å². The van der Waals surface area contributed by atoms with Crippen molar-refractivity contribution in [2.24, 2.45) is 0 Å². The maximum absolute atomic E-state index is 12.4. The second kappa shape index (κ2) is 9.31. The zero-order chi connectivity index (χ0) is 18.1. The minimum absolute atomic E-state index is 0.134. The lowest BCUT2D eigenvalue weighted by Crippen LogP contribution is -2.30. The Morgan fingerprint density at radius 1 is 1.28 bits per heavy atom. The lowest BCUT2D eigenvalue weighted by molar-refractivity contribution is -0.143. The van der Waals surface area contributed by atoms with Crippen molar-refractivity contribution in [1.82, 2.24) is 25.5 Å². The summed E-state index contributed by atoms with van der Waals surface area (Å²) < 4.78 is 6.39. The number of aryl methyl sites for hydroxylation is 1. The molecule has 25 heavy (non-hydrogen) atoms. The zero-order valence-electron chi connectivity index (χ0n) is 14.3. The molecule has 132 valence electrons. The molecule has 1 amide bonds. The van der Waals surface area contributed by atoms with Crippen LogP contribution in [0.1, 0.15) is 31.2 Å². The Kier molecular flexibility index (Phi) is 6.82. The van der Waals surface area contributed by atoms with E-state index in [0.717, 1.165) is 18.4 Å². The predicted octanol–water partition coefficient (Wildman–Crippen LogP) is 1.44. The summed E-state index contributed by atoms with van der Waals surface area (Å²) in [6.45, 7) is 3.91. The highest BCUT2D eigenvalue weighted by Gasteiger charge is 2.18. The van der Waals surface area contributed by atoms with Gasteiger partial charge in [-0.1, -0.05) is 43.7 Å². The quantitative estimate of drug-likeness (QED) is 0.442. The molecule has 0 aliphatic carbocycles. The molecule has 2 aromatic rings. The largest absolute Gasteiger partial charge is 0.451 e. The number of carbonyl (C=O) groups is 2. The van der Waals surface area contributed by atoms with Crippen LogP contribution in [0.15, 0.2) is 30.3 Å². The number of amides is 1. The third-order valence-electron chi connectivity index (χ3n) is 3.35. The van der Waals surface area contributed by atoms with Gasteiger partial charge < -0.3 is 10.1 Å². The molecule has 0 atom stereocenters. The Morgan fingerprint density at radius 3 is 2.68 bits per heavy atom. The topological polar surface area (TPSA) is 99.0 Å². The van der Waals surface area contributed by atoms with Crippen LogP contribution in [-0.2, 0) is 14.3 Å². The van der Waals surface area contributed by atoms with Crippen LogP contribution in [0.5, 0.6) is 0 Å². The van der Waals surface area contributed by atoms with E-state index in [1.807, 2.05) is 37.3 Å². The molecule has 0 saturated carbocycles. The number of esters is 1. The minimum atomic E-state index is -0.676. The maximum atomic E-state index is 12.4. The number of unbranched alkanes of at least 4 members (excludes halogenated alkanes) is 1. The van der Waals surface area contributed by atoms with Gasteiger partial charge in [-0.3, -0.25) is 4.79 Å². The van der Waals surface area contributed by atoms with Crippen molar-refractivity contribution in [2.45, 2.75) is 26.7 Å². The fraction of sp³-hybridized carbons (Fsp3) is 0.353. The molecule has 0 aliphatic heterocycles. The van der Waals surface area contributed by atoms with Crippen molar-refractivity contribution in [3.63, 3.8) is 0 Å². The van der Waals surface area contributed by atoms with Gasteiger partial charge in [-0.2, -0.15) is 4.68 Å². The molecule has 1 N–H and O–H groups in total. The molecule has 0 spiro atoms. The summed E-state index contributed by atoms with van der Waals surface area (Å²) in [6.07, 6.45) is 3.46. The number of nitrogens with zero attached hydrogens (tertiary/aromatic N) is 4. The highest BCUT2D eigenvalue weighted by atomic mass is 16.5. The van der Waals surface area contributed by atoms with Crippen LogP contribution < -0.4 is 5.32 Å². The predicted molar refractivity (Wildman–Crippen MR) is 92.0 cm³/mol. The molecule has 1 heterocycles. The van der Waals surface area contributed by atoms with Crippen LogP contribution in [0.3, 0.4) is 0 Å². The van der Waals surface area contributed by atoms with Gasteiger partial charge in [0.25, 0.3) is 5.91 Å². The summed E-state index contributed by atoms with van der Waals surface area (Å²) >= 11 is 0. The Labute approximate surface area is 145 Å². The van der Waals surface area contributed by atoms with Gasteiger partial charge in [0.1, 0.15) is 0 Å². The van der Waals surface area contributed by atoms with E-state index in [1.54, 1.807) is 13.0 Å². The number of tetrazole rings is 1. The Bertz CT molecular complexity index is 740. The summed E-state index contributed by atoms with van der Waals surface area (Å²) in [5.74, 6) is -0.578. The van der Waals surface area contributed by atoms with Crippen molar-refractivity contribution >= 4 is 23.6 Å². The number of ether oxygens (including phenoxy) is 1. The van der Waals surface area contributed by atoms with E-state index in [-0.39, 0.29) is 18.2 Å². The average molecular weight is 343 g/mol. The summed E-state index contributed by atoms with van der Waals surface area (Å²) in [6, 6.07) is 9.25. The lowest BCUT2D eigenvalue weighted by Gasteiger charge is -2.09. The van der Waals surface area contributed by atoms with E-state index >= 15 is 0 Å². The molecule has 0 aliphatic rings. The minimum Gasteiger partial charge on any atom is -0.451 e. The van der Waals surface area contributed by atoms with Gasteiger partial charge in [-0.25, -0.2) is 4.79 Å². The fourth-order valence-electron chi connectivity index (χ4n) is 2.03. The van der Waals surface area contributed by atoms with E-state index in [1.165, 1.54) is 4.68 Å². The number of hydrogen-bond acceptors (Lipinski definition) is 6. The first-order valence-corrected chi connectivity index (χ1v) is 8.07. The van der Waals surface area contributed by atoms with Crippen LogP contribution in [0.4, 0.5) is 0 Å². The Morgan fingerprint density at radius 2 is 2.04 bits per heavy atom. The van der Waals surface area contributed by atoms with E-state index in [0.29, 0.717) is 12.4 Å². The first-order valence-electron chi connectivity index (χ1n) is 8.07. The van der Waals surface area contributed by atoms with E-state index in [9.17, 15) is 9.59 Å². The van der Waals surface area contributed by atoms with Gasteiger partial charge >= 0.3 is 5.97 Å². The summed E-state index contributed by atoms with van der Waals surface area (Å²) in [4.78, 5) is 24.1. The average Bonchev–Trinajstić information content (AvgIpc) is 3.04. The lowest BCUT2D eigenvalue weighted by atomic mass is 10.2. The van der Waals surface area contributed by atoms with Gasteiger partial charge in [0, 0.05) is 6.54 Å². The number of hydrogen-bond donors (Lipinski definition) is 1. The molecule has 0 fully saturated rings. The van der Waals surface area contributed by atoms with Crippen LogP contribution in [0, 0.1) is 6.92 Å². The van der Waals surface area contributed by atoms with Crippen LogP contribution in [-0.4, -0.2) is 45.2 Å². The van der Waals surface area contributed by atoms with E-state index < -0.39 is 5.97 Å². The van der Waals surface area contributed by atoms with Crippen molar-refractivity contribution in [1.29, 1.82) is 0 Å². The monoisotopic (exact) mass is 343 g/mol. The summed E-state index contributed by atoms with van der Waals surface area (Å²) in [7, 11) is 0. The molecule has 1 aromatic heterocycles. The second-order valence-corrected chi connectivity index (χ2v) is 5.36. The third kappa shape index (κ3) is 5.52. The standard InChI is InChI=1S/C17H21N5O3/c1-3-4-10-18-16(23)12-25-17(24)15(22-13(2)19-20-21-22)11-14-8-6-5-7-9-14/h5-9,11H,3-4,10,12H2,1-2H3,(H,18,23)/b15-11-. The van der Waals surface area contributed by atoms with Crippen molar-refractivity contribution in [3.05, 3.63) is 41.7 Å².